The molecule has 16 heavy (non-hydrogen) atoms. The molecular formula is C10H11N3O2S. The van der Waals surface area contributed by atoms with Gasteiger partial charge in [-0.2, -0.15) is 0 Å². The Morgan fingerprint density at radius 3 is 2.88 bits per heavy atom. The fourth-order valence-corrected chi connectivity index (χ4v) is 1.68. The molecule has 0 spiro atoms. The second-order valence-corrected chi connectivity index (χ2v) is 3.77. The Labute approximate surface area is 96.8 Å². The molecule has 0 radical (unpaired) electrons. The van der Waals surface area contributed by atoms with Crippen LogP contribution in [-0.4, -0.2) is 24.9 Å². The molecule has 0 saturated carbocycles. The quantitative estimate of drug-likeness (QED) is 0.605. The molecule has 1 heterocycles. The van der Waals surface area contributed by atoms with Crippen LogP contribution in [0, 0.1) is 11.8 Å². The number of nitrogens with one attached hydrogen (secondary N) is 1. The van der Waals surface area contributed by atoms with E-state index in [-0.39, 0.29) is 19.0 Å². The fraction of sp³-hybridized carbons (Fsp3) is 0.200. The van der Waals surface area contributed by atoms with Gasteiger partial charge in [-0.05, 0) is 6.07 Å². The van der Waals surface area contributed by atoms with Crippen molar-refractivity contribution in [2.45, 2.75) is 0 Å². The number of nitrogens with two attached hydrogens (primary N) is 2. The summed E-state index contributed by atoms with van der Waals surface area (Å²) in [4.78, 5) is 22.7. The SMILES string of the molecule is NCC#Cc1cc(C(=O)NCC(N)=O)cs1. The summed E-state index contributed by atoms with van der Waals surface area (Å²) in [6, 6.07) is 1.64. The number of carbonyl (C=O) groups is 2. The molecule has 5 N–H and O–H groups in total. The molecule has 0 saturated heterocycles. The van der Waals surface area contributed by atoms with E-state index in [0.29, 0.717) is 5.56 Å². The van der Waals surface area contributed by atoms with Crippen LogP contribution in [0.15, 0.2) is 11.4 Å². The predicted octanol–water partition coefficient (Wildman–Crippen LogP) is -0.727. The molecule has 0 aromatic carbocycles. The summed E-state index contributed by atoms with van der Waals surface area (Å²) in [5, 5.41) is 4.05. The number of hydrogen-bond donors (Lipinski definition) is 3. The van der Waals surface area contributed by atoms with Crippen LogP contribution in [0.4, 0.5) is 0 Å². The van der Waals surface area contributed by atoms with Gasteiger partial charge in [-0.15, -0.1) is 11.3 Å². The van der Waals surface area contributed by atoms with E-state index < -0.39 is 5.91 Å². The number of amides is 2. The highest BCUT2D eigenvalue weighted by atomic mass is 32.1. The maximum Gasteiger partial charge on any atom is 0.252 e. The van der Waals surface area contributed by atoms with Crippen LogP contribution in [0.25, 0.3) is 0 Å². The topological polar surface area (TPSA) is 98.2 Å². The molecule has 2 amide bonds. The molecule has 0 aliphatic heterocycles. The van der Waals surface area contributed by atoms with Crippen molar-refractivity contribution in [3.63, 3.8) is 0 Å². The molecule has 0 aliphatic rings. The van der Waals surface area contributed by atoms with E-state index in [1.165, 1.54) is 11.3 Å². The average Bonchev–Trinajstić information content (AvgIpc) is 2.71. The van der Waals surface area contributed by atoms with Gasteiger partial charge in [0.25, 0.3) is 5.91 Å². The molecular weight excluding hydrogens is 226 g/mol. The monoisotopic (exact) mass is 237 g/mol. The third-order valence-electron chi connectivity index (χ3n) is 1.60. The maximum atomic E-state index is 11.5. The summed E-state index contributed by atoms with van der Waals surface area (Å²) in [6.45, 7) is 0.111. The minimum Gasteiger partial charge on any atom is -0.368 e. The van der Waals surface area contributed by atoms with Gasteiger partial charge < -0.3 is 16.8 Å². The van der Waals surface area contributed by atoms with Gasteiger partial charge in [0.1, 0.15) is 0 Å². The summed E-state index contributed by atoms with van der Waals surface area (Å²) in [5.41, 5.74) is 10.6. The van der Waals surface area contributed by atoms with Crippen molar-refractivity contribution in [3.05, 3.63) is 21.9 Å². The van der Waals surface area contributed by atoms with Crippen LogP contribution in [0.2, 0.25) is 0 Å². The van der Waals surface area contributed by atoms with Crippen LogP contribution in [0.5, 0.6) is 0 Å². The van der Waals surface area contributed by atoms with E-state index in [1.54, 1.807) is 11.4 Å². The summed E-state index contributed by atoms with van der Waals surface area (Å²) in [5.74, 6) is 4.59. The molecule has 0 atom stereocenters. The van der Waals surface area contributed by atoms with Crippen molar-refractivity contribution in [2.24, 2.45) is 11.5 Å². The highest BCUT2D eigenvalue weighted by molar-refractivity contribution is 7.10. The number of hydrogen-bond acceptors (Lipinski definition) is 4. The molecule has 5 nitrogen and oxygen atoms in total. The minimum atomic E-state index is -0.577. The molecule has 1 aromatic rings. The van der Waals surface area contributed by atoms with Gasteiger partial charge in [-0.1, -0.05) is 11.8 Å². The molecule has 1 aromatic heterocycles. The summed E-state index contributed by atoms with van der Waals surface area (Å²) < 4.78 is 0. The Morgan fingerprint density at radius 2 is 2.25 bits per heavy atom. The van der Waals surface area contributed by atoms with Crippen molar-refractivity contribution in [3.8, 4) is 11.8 Å². The van der Waals surface area contributed by atoms with Gasteiger partial charge in [0.2, 0.25) is 5.91 Å². The number of thiophene rings is 1. The van der Waals surface area contributed by atoms with Crippen molar-refractivity contribution < 1.29 is 9.59 Å². The zero-order chi connectivity index (χ0) is 12.0. The second kappa shape index (κ2) is 5.90. The normalized spacial score (nSPS) is 9.06. The lowest BCUT2D eigenvalue weighted by Gasteiger charge is -1.98. The van der Waals surface area contributed by atoms with E-state index >= 15 is 0 Å². The van der Waals surface area contributed by atoms with Crippen molar-refractivity contribution in [2.75, 3.05) is 13.1 Å². The molecule has 0 unspecified atom stereocenters. The zero-order valence-electron chi connectivity index (χ0n) is 8.45. The van der Waals surface area contributed by atoms with Gasteiger partial charge in [0, 0.05) is 5.38 Å². The van der Waals surface area contributed by atoms with Crippen molar-refractivity contribution in [1.82, 2.24) is 5.32 Å². The van der Waals surface area contributed by atoms with Gasteiger partial charge in [-0.25, -0.2) is 0 Å². The summed E-state index contributed by atoms with van der Waals surface area (Å²) in [7, 11) is 0. The Bertz CT molecular complexity index is 456. The van der Waals surface area contributed by atoms with E-state index in [2.05, 4.69) is 17.2 Å². The lowest BCUT2D eigenvalue weighted by atomic mass is 10.3. The third kappa shape index (κ3) is 3.73. The van der Waals surface area contributed by atoms with E-state index in [9.17, 15) is 9.59 Å². The van der Waals surface area contributed by atoms with Crippen LogP contribution in [0.3, 0.4) is 0 Å². The molecule has 6 heteroatoms. The van der Waals surface area contributed by atoms with Crippen LogP contribution in [-0.2, 0) is 4.79 Å². The largest absolute Gasteiger partial charge is 0.368 e. The minimum absolute atomic E-state index is 0.168. The van der Waals surface area contributed by atoms with E-state index in [1.807, 2.05) is 0 Å². The average molecular weight is 237 g/mol. The lowest BCUT2D eigenvalue weighted by Crippen LogP contribution is -2.33. The lowest BCUT2D eigenvalue weighted by molar-refractivity contribution is -0.117. The summed E-state index contributed by atoms with van der Waals surface area (Å²) >= 11 is 1.35. The zero-order valence-corrected chi connectivity index (χ0v) is 9.26. The van der Waals surface area contributed by atoms with E-state index in [0.717, 1.165) is 4.88 Å². The fourth-order valence-electron chi connectivity index (χ4n) is 0.928. The number of primary amides is 1. The highest BCUT2D eigenvalue weighted by Crippen LogP contribution is 2.13. The van der Waals surface area contributed by atoms with Crippen LogP contribution >= 0.6 is 11.3 Å². The van der Waals surface area contributed by atoms with Gasteiger partial charge in [0.15, 0.2) is 0 Å². The van der Waals surface area contributed by atoms with Crippen molar-refractivity contribution >= 4 is 23.2 Å². The molecule has 0 bridgehead atoms. The van der Waals surface area contributed by atoms with Gasteiger partial charge in [0.05, 0.1) is 23.5 Å². The first-order chi connectivity index (χ1) is 7.63. The molecule has 84 valence electrons. The Balaban J connectivity index is 2.63. The van der Waals surface area contributed by atoms with Crippen LogP contribution < -0.4 is 16.8 Å². The van der Waals surface area contributed by atoms with Crippen LogP contribution in [0.1, 0.15) is 15.2 Å². The van der Waals surface area contributed by atoms with Gasteiger partial charge in [-0.3, -0.25) is 9.59 Å². The van der Waals surface area contributed by atoms with Gasteiger partial charge >= 0.3 is 0 Å². The smallest absolute Gasteiger partial charge is 0.252 e. The molecule has 0 fully saturated rings. The van der Waals surface area contributed by atoms with E-state index in [4.69, 9.17) is 11.5 Å². The maximum absolute atomic E-state index is 11.5. The number of rotatable bonds is 3. The predicted molar refractivity (Wildman–Crippen MR) is 61.8 cm³/mol. The Morgan fingerprint density at radius 1 is 1.50 bits per heavy atom. The Hall–Kier alpha value is -1.84. The highest BCUT2D eigenvalue weighted by Gasteiger charge is 2.08. The second-order valence-electron chi connectivity index (χ2n) is 2.85. The first-order valence-corrected chi connectivity index (χ1v) is 5.35. The number of carbonyl (C=O) groups excluding carboxylic acids is 2. The Kier molecular flexibility index (Phi) is 4.51. The molecule has 0 aliphatic carbocycles. The third-order valence-corrected chi connectivity index (χ3v) is 2.44. The van der Waals surface area contributed by atoms with Crippen molar-refractivity contribution in [1.29, 1.82) is 0 Å². The molecule has 1 rings (SSSR count). The first kappa shape index (κ1) is 12.2. The summed E-state index contributed by atoms with van der Waals surface area (Å²) in [6.07, 6.45) is 0. The first-order valence-electron chi connectivity index (χ1n) is 4.47. The standard InChI is InChI=1S/C10H11N3O2S/c11-3-1-2-8-4-7(6-16-8)10(15)13-5-9(12)14/h4,6H,3,5,11H2,(H2,12,14)(H,13,15).